The van der Waals surface area contributed by atoms with Crippen LogP contribution < -0.4 is 5.32 Å². The van der Waals surface area contributed by atoms with Crippen molar-refractivity contribution >= 4 is 0 Å². The molecule has 1 saturated heterocycles. The minimum atomic E-state index is 0.542. The van der Waals surface area contributed by atoms with E-state index in [4.69, 9.17) is 0 Å². The van der Waals surface area contributed by atoms with Crippen LogP contribution in [0.15, 0.2) is 24.5 Å². The van der Waals surface area contributed by atoms with Gasteiger partial charge in [-0.25, -0.2) is 0 Å². The highest BCUT2D eigenvalue weighted by molar-refractivity contribution is 5.22. The van der Waals surface area contributed by atoms with Crippen LogP contribution in [0, 0.1) is 0 Å². The quantitative estimate of drug-likeness (QED) is 0.700. The average Bonchev–Trinajstić information content (AvgIpc) is 2.78. The van der Waals surface area contributed by atoms with Crippen molar-refractivity contribution in [1.82, 2.24) is 10.3 Å². The zero-order chi connectivity index (χ0) is 8.73. The lowest BCUT2D eigenvalue weighted by Gasteiger charge is -2.07. The predicted molar refractivity (Wildman–Crippen MR) is 51.6 cm³/mol. The standard InChI is InChI=1S/C11H14N2/c1-2-9(7-12-5-1)10-6-11(3-4-11)13-8-10/h1-2,5,7,10,13H,3-4,6,8H2. The molecule has 1 atom stereocenters. The molecule has 1 aromatic rings. The van der Waals surface area contributed by atoms with Crippen LogP contribution in [0.1, 0.15) is 30.7 Å². The zero-order valence-electron chi connectivity index (χ0n) is 7.66. The molecule has 1 aliphatic carbocycles. The molecule has 2 nitrogen and oxygen atoms in total. The third kappa shape index (κ3) is 1.25. The number of pyridine rings is 1. The molecule has 0 aromatic carbocycles. The maximum absolute atomic E-state index is 4.17. The Hall–Kier alpha value is -0.890. The van der Waals surface area contributed by atoms with Gasteiger partial charge in [-0.15, -0.1) is 0 Å². The highest BCUT2D eigenvalue weighted by Gasteiger charge is 2.48. The minimum absolute atomic E-state index is 0.542. The van der Waals surface area contributed by atoms with E-state index in [0.717, 1.165) is 6.54 Å². The molecule has 3 rings (SSSR count). The van der Waals surface area contributed by atoms with E-state index in [1.165, 1.54) is 24.8 Å². The Bertz CT molecular complexity index is 303. The van der Waals surface area contributed by atoms with Crippen molar-refractivity contribution in [2.24, 2.45) is 0 Å². The summed E-state index contributed by atoms with van der Waals surface area (Å²) in [4.78, 5) is 4.17. The fourth-order valence-corrected chi connectivity index (χ4v) is 2.34. The molecular weight excluding hydrogens is 160 g/mol. The molecule has 2 heteroatoms. The maximum atomic E-state index is 4.17. The van der Waals surface area contributed by atoms with Gasteiger partial charge in [0.2, 0.25) is 0 Å². The zero-order valence-corrected chi connectivity index (χ0v) is 7.66. The Balaban J connectivity index is 1.80. The van der Waals surface area contributed by atoms with E-state index in [1.54, 1.807) is 0 Å². The topological polar surface area (TPSA) is 24.9 Å². The van der Waals surface area contributed by atoms with E-state index >= 15 is 0 Å². The van der Waals surface area contributed by atoms with E-state index in [-0.39, 0.29) is 0 Å². The molecule has 1 unspecified atom stereocenters. The lowest BCUT2D eigenvalue weighted by molar-refractivity contribution is 0.594. The predicted octanol–water partition coefficient (Wildman–Crippen LogP) is 1.69. The summed E-state index contributed by atoms with van der Waals surface area (Å²) in [6, 6.07) is 4.23. The van der Waals surface area contributed by atoms with E-state index in [2.05, 4.69) is 16.4 Å². The first kappa shape index (κ1) is 7.51. The molecule has 1 N–H and O–H groups in total. The SMILES string of the molecule is c1cncc(C2CNC3(CC3)C2)c1. The Morgan fingerprint density at radius 3 is 3.00 bits per heavy atom. The van der Waals surface area contributed by atoms with Crippen molar-refractivity contribution in [3.8, 4) is 0 Å². The summed E-state index contributed by atoms with van der Waals surface area (Å²) in [7, 11) is 0. The van der Waals surface area contributed by atoms with Gasteiger partial charge in [0.1, 0.15) is 0 Å². The molecule has 13 heavy (non-hydrogen) atoms. The van der Waals surface area contributed by atoms with Gasteiger partial charge in [-0.3, -0.25) is 4.98 Å². The Labute approximate surface area is 78.4 Å². The largest absolute Gasteiger partial charge is 0.311 e. The Kier molecular flexibility index (Phi) is 1.47. The van der Waals surface area contributed by atoms with Crippen molar-refractivity contribution in [2.45, 2.75) is 30.7 Å². The second-order valence-electron chi connectivity index (χ2n) is 4.35. The van der Waals surface area contributed by atoms with Gasteiger partial charge in [-0.1, -0.05) is 6.07 Å². The second kappa shape index (κ2) is 2.55. The van der Waals surface area contributed by atoms with Gasteiger partial charge < -0.3 is 5.32 Å². The molecule has 2 heterocycles. The van der Waals surface area contributed by atoms with Crippen molar-refractivity contribution in [3.63, 3.8) is 0 Å². The average molecular weight is 174 g/mol. The van der Waals surface area contributed by atoms with Crippen molar-refractivity contribution in [1.29, 1.82) is 0 Å². The Morgan fingerprint density at radius 2 is 2.38 bits per heavy atom. The van der Waals surface area contributed by atoms with Crippen LogP contribution in [-0.4, -0.2) is 17.1 Å². The first-order chi connectivity index (χ1) is 6.38. The third-order valence-corrected chi connectivity index (χ3v) is 3.37. The number of nitrogens with one attached hydrogen (secondary N) is 1. The maximum Gasteiger partial charge on any atom is 0.0303 e. The van der Waals surface area contributed by atoms with Crippen molar-refractivity contribution < 1.29 is 0 Å². The summed E-state index contributed by atoms with van der Waals surface area (Å²) in [5.41, 5.74) is 1.94. The van der Waals surface area contributed by atoms with Crippen LogP contribution in [0.5, 0.6) is 0 Å². The summed E-state index contributed by atoms with van der Waals surface area (Å²) in [6.07, 6.45) is 7.93. The van der Waals surface area contributed by atoms with E-state index < -0.39 is 0 Å². The van der Waals surface area contributed by atoms with E-state index in [0.29, 0.717) is 11.5 Å². The van der Waals surface area contributed by atoms with Crippen LogP contribution in [0.4, 0.5) is 0 Å². The molecule has 68 valence electrons. The molecule has 0 amide bonds. The molecule has 1 spiro atoms. The lowest BCUT2D eigenvalue weighted by atomic mass is 9.97. The third-order valence-electron chi connectivity index (χ3n) is 3.37. The molecule has 2 aliphatic rings. The monoisotopic (exact) mass is 174 g/mol. The number of rotatable bonds is 1. The molecule has 1 aliphatic heterocycles. The van der Waals surface area contributed by atoms with Gasteiger partial charge in [0.05, 0.1) is 0 Å². The lowest BCUT2D eigenvalue weighted by Crippen LogP contribution is -2.22. The van der Waals surface area contributed by atoms with Gasteiger partial charge in [0.25, 0.3) is 0 Å². The Morgan fingerprint density at radius 1 is 1.46 bits per heavy atom. The van der Waals surface area contributed by atoms with Crippen molar-refractivity contribution in [2.75, 3.05) is 6.54 Å². The molecule has 1 saturated carbocycles. The fourth-order valence-electron chi connectivity index (χ4n) is 2.34. The smallest absolute Gasteiger partial charge is 0.0303 e. The minimum Gasteiger partial charge on any atom is -0.311 e. The van der Waals surface area contributed by atoms with E-state index in [1.807, 2.05) is 18.5 Å². The summed E-state index contributed by atoms with van der Waals surface area (Å²) in [6.45, 7) is 1.14. The molecule has 1 aromatic heterocycles. The van der Waals surface area contributed by atoms with Crippen molar-refractivity contribution in [3.05, 3.63) is 30.1 Å². The van der Waals surface area contributed by atoms with Gasteiger partial charge in [0.15, 0.2) is 0 Å². The molecule has 0 radical (unpaired) electrons. The van der Waals surface area contributed by atoms with Crippen LogP contribution in [-0.2, 0) is 0 Å². The second-order valence-corrected chi connectivity index (χ2v) is 4.35. The fraction of sp³-hybridized carbons (Fsp3) is 0.545. The first-order valence-corrected chi connectivity index (χ1v) is 5.03. The highest BCUT2D eigenvalue weighted by atomic mass is 15.1. The number of hydrogen-bond acceptors (Lipinski definition) is 2. The van der Waals surface area contributed by atoms with Gasteiger partial charge in [-0.05, 0) is 36.8 Å². The van der Waals surface area contributed by atoms with E-state index in [9.17, 15) is 0 Å². The number of nitrogens with zero attached hydrogens (tertiary/aromatic N) is 1. The molecule has 2 fully saturated rings. The number of aromatic nitrogens is 1. The van der Waals surface area contributed by atoms with Crippen LogP contribution in [0.3, 0.4) is 0 Å². The molecule has 0 bridgehead atoms. The van der Waals surface area contributed by atoms with Gasteiger partial charge in [-0.2, -0.15) is 0 Å². The van der Waals surface area contributed by atoms with Crippen LogP contribution >= 0.6 is 0 Å². The number of hydrogen-bond donors (Lipinski definition) is 1. The normalized spacial score (nSPS) is 29.4. The van der Waals surface area contributed by atoms with Crippen LogP contribution in [0.2, 0.25) is 0 Å². The van der Waals surface area contributed by atoms with Crippen LogP contribution in [0.25, 0.3) is 0 Å². The first-order valence-electron chi connectivity index (χ1n) is 5.03. The summed E-state index contributed by atoms with van der Waals surface area (Å²) in [5, 5.41) is 3.63. The highest BCUT2D eigenvalue weighted by Crippen LogP contribution is 2.47. The summed E-state index contributed by atoms with van der Waals surface area (Å²) >= 11 is 0. The summed E-state index contributed by atoms with van der Waals surface area (Å²) in [5.74, 6) is 0.705. The summed E-state index contributed by atoms with van der Waals surface area (Å²) < 4.78 is 0. The van der Waals surface area contributed by atoms with Gasteiger partial charge >= 0.3 is 0 Å². The van der Waals surface area contributed by atoms with Gasteiger partial charge in [0, 0.05) is 24.5 Å². The molecular formula is C11H14N2.